The van der Waals surface area contributed by atoms with E-state index in [2.05, 4.69) is 12.2 Å². The molecular weight excluding hydrogens is 204 g/mol. The Morgan fingerprint density at radius 2 is 1.88 bits per heavy atom. The van der Waals surface area contributed by atoms with Crippen molar-refractivity contribution in [1.82, 2.24) is 10.2 Å². The lowest BCUT2D eigenvalue weighted by atomic mass is 9.84. The van der Waals surface area contributed by atoms with Crippen LogP contribution in [0, 0.1) is 5.92 Å². The van der Waals surface area contributed by atoms with Crippen LogP contribution in [-0.4, -0.2) is 35.3 Å². The lowest BCUT2D eigenvalue weighted by molar-refractivity contribution is -0.149. The molecule has 0 aromatic rings. The second kappa shape index (κ2) is 4.44. The molecule has 0 bridgehead atoms. The van der Waals surface area contributed by atoms with Gasteiger partial charge < -0.3 is 10.2 Å². The summed E-state index contributed by atoms with van der Waals surface area (Å²) in [6.45, 7) is 4.19. The van der Waals surface area contributed by atoms with Crippen molar-refractivity contribution in [3.63, 3.8) is 0 Å². The molecule has 0 spiro atoms. The summed E-state index contributed by atoms with van der Waals surface area (Å²) in [4.78, 5) is 25.3. The van der Waals surface area contributed by atoms with Crippen molar-refractivity contribution in [3.05, 3.63) is 0 Å². The number of carbonyl (C=O) groups excluding carboxylic acids is 2. The molecule has 0 aromatic heterocycles. The molecule has 3 atom stereocenters. The highest BCUT2D eigenvalue weighted by molar-refractivity contribution is 5.94. The first kappa shape index (κ1) is 11.4. The van der Waals surface area contributed by atoms with Gasteiger partial charge in [-0.15, -0.1) is 0 Å². The van der Waals surface area contributed by atoms with E-state index >= 15 is 0 Å². The van der Waals surface area contributed by atoms with Gasteiger partial charge in [0.25, 0.3) is 0 Å². The van der Waals surface area contributed by atoms with E-state index in [1.165, 1.54) is 19.3 Å². The number of amides is 2. The summed E-state index contributed by atoms with van der Waals surface area (Å²) in [7, 11) is 0. The molecule has 0 radical (unpaired) electrons. The number of nitrogens with one attached hydrogen (secondary N) is 1. The lowest BCUT2D eigenvalue weighted by Crippen LogP contribution is -2.61. The third kappa shape index (κ3) is 1.93. The fraction of sp³-hybridized carbons (Fsp3) is 0.833. The Bertz CT molecular complexity index is 303. The van der Waals surface area contributed by atoms with Crippen molar-refractivity contribution in [2.45, 2.75) is 51.6 Å². The lowest BCUT2D eigenvalue weighted by Gasteiger charge is -2.43. The molecule has 1 aliphatic heterocycles. The van der Waals surface area contributed by atoms with E-state index in [0.29, 0.717) is 5.92 Å². The van der Waals surface area contributed by atoms with E-state index in [-0.39, 0.29) is 30.4 Å². The Hall–Kier alpha value is -1.06. The quantitative estimate of drug-likeness (QED) is 0.720. The van der Waals surface area contributed by atoms with E-state index < -0.39 is 0 Å². The van der Waals surface area contributed by atoms with Crippen LogP contribution in [0.15, 0.2) is 0 Å². The Morgan fingerprint density at radius 1 is 1.19 bits per heavy atom. The minimum Gasteiger partial charge on any atom is -0.345 e. The summed E-state index contributed by atoms with van der Waals surface area (Å²) in [5.41, 5.74) is 0. The van der Waals surface area contributed by atoms with Crippen LogP contribution >= 0.6 is 0 Å². The van der Waals surface area contributed by atoms with Crippen LogP contribution in [0.1, 0.15) is 39.5 Å². The Labute approximate surface area is 96.4 Å². The molecule has 1 aliphatic carbocycles. The van der Waals surface area contributed by atoms with Gasteiger partial charge in [0.1, 0.15) is 6.04 Å². The standard InChI is InChI=1S/C12H20N2O2/c1-8-5-3-4-6-10(8)14-9(2)12(16)13-7-11(14)15/h8-10H,3-7H2,1-2H3,(H,13,16). The van der Waals surface area contributed by atoms with Gasteiger partial charge >= 0.3 is 0 Å². The summed E-state index contributed by atoms with van der Waals surface area (Å²) >= 11 is 0. The van der Waals surface area contributed by atoms with Gasteiger partial charge in [-0.05, 0) is 25.7 Å². The Balaban J connectivity index is 2.15. The van der Waals surface area contributed by atoms with Crippen LogP contribution in [0.3, 0.4) is 0 Å². The maximum absolute atomic E-state index is 11.9. The smallest absolute Gasteiger partial charge is 0.242 e. The molecule has 1 heterocycles. The number of piperazine rings is 1. The van der Waals surface area contributed by atoms with Crippen molar-refractivity contribution < 1.29 is 9.59 Å². The summed E-state index contributed by atoms with van der Waals surface area (Å²) in [5.74, 6) is 0.578. The van der Waals surface area contributed by atoms with E-state index in [1.54, 1.807) is 0 Å². The molecule has 16 heavy (non-hydrogen) atoms. The zero-order valence-corrected chi connectivity index (χ0v) is 10.0. The largest absolute Gasteiger partial charge is 0.345 e. The highest BCUT2D eigenvalue weighted by atomic mass is 16.2. The summed E-state index contributed by atoms with van der Waals surface area (Å²) in [6, 6.07) is -0.0332. The van der Waals surface area contributed by atoms with Crippen LogP contribution in [0.4, 0.5) is 0 Å². The molecule has 4 heteroatoms. The average Bonchev–Trinajstić information content (AvgIpc) is 2.27. The predicted octanol–water partition coefficient (Wildman–Crippen LogP) is 0.912. The van der Waals surface area contributed by atoms with Gasteiger partial charge in [0, 0.05) is 6.04 Å². The molecule has 2 aliphatic rings. The first-order valence-electron chi connectivity index (χ1n) is 6.20. The van der Waals surface area contributed by atoms with Crippen LogP contribution < -0.4 is 5.32 Å². The zero-order chi connectivity index (χ0) is 11.7. The normalized spacial score (nSPS) is 36.1. The molecule has 3 unspecified atom stereocenters. The van der Waals surface area contributed by atoms with E-state index in [9.17, 15) is 9.59 Å². The van der Waals surface area contributed by atoms with Crippen LogP contribution in [0.25, 0.3) is 0 Å². The molecule has 4 nitrogen and oxygen atoms in total. The summed E-state index contributed by atoms with van der Waals surface area (Å²) < 4.78 is 0. The predicted molar refractivity (Wildman–Crippen MR) is 60.7 cm³/mol. The molecule has 1 saturated heterocycles. The Morgan fingerprint density at radius 3 is 2.56 bits per heavy atom. The third-order valence-electron chi connectivity index (χ3n) is 3.92. The minimum atomic E-state index is -0.299. The molecule has 2 rings (SSSR count). The monoisotopic (exact) mass is 224 g/mol. The highest BCUT2D eigenvalue weighted by Crippen LogP contribution is 2.30. The number of nitrogens with zero attached hydrogens (tertiary/aromatic N) is 1. The zero-order valence-electron chi connectivity index (χ0n) is 10.0. The SMILES string of the molecule is CC1CCCCC1N1C(=O)CNC(=O)C1C. The van der Waals surface area contributed by atoms with Crippen molar-refractivity contribution in [1.29, 1.82) is 0 Å². The van der Waals surface area contributed by atoms with Gasteiger partial charge in [-0.3, -0.25) is 9.59 Å². The highest BCUT2D eigenvalue weighted by Gasteiger charge is 2.38. The van der Waals surface area contributed by atoms with Gasteiger partial charge in [0.05, 0.1) is 6.54 Å². The number of carbonyl (C=O) groups is 2. The van der Waals surface area contributed by atoms with Crippen LogP contribution in [0.5, 0.6) is 0 Å². The fourth-order valence-corrected chi connectivity index (χ4v) is 2.93. The van der Waals surface area contributed by atoms with Gasteiger partial charge in [-0.2, -0.15) is 0 Å². The minimum absolute atomic E-state index is 0.0163. The molecule has 0 aromatic carbocycles. The average molecular weight is 224 g/mol. The van der Waals surface area contributed by atoms with Crippen LogP contribution in [0.2, 0.25) is 0 Å². The first-order valence-corrected chi connectivity index (χ1v) is 6.20. The fourth-order valence-electron chi connectivity index (χ4n) is 2.93. The molecule has 2 amide bonds. The third-order valence-corrected chi connectivity index (χ3v) is 3.92. The van der Waals surface area contributed by atoms with Crippen LogP contribution in [-0.2, 0) is 9.59 Å². The van der Waals surface area contributed by atoms with E-state index in [0.717, 1.165) is 6.42 Å². The number of hydrogen-bond donors (Lipinski definition) is 1. The topological polar surface area (TPSA) is 49.4 Å². The number of rotatable bonds is 1. The van der Waals surface area contributed by atoms with Gasteiger partial charge in [-0.1, -0.05) is 19.8 Å². The van der Waals surface area contributed by atoms with Gasteiger partial charge in [-0.25, -0.2) is 0 Å². The molecule has 1 saturated carbocycles. The van der Waals surface area contributed by atoms with Gasteiger partial charge in [0.2, 0.25) is 11.8 Å². The second-order valence-electron chi connectivity index (χ2n) is 5.02. The van der Waals surface area contributed by atoms with Crippen molar-refractivity contribution in [3.8, 4) is 0 Å². The Kier molecular flexibility index (Phi) is 3.17. The van der Waals surface area contributed by atoms with Gasteiger partial charge in [0.15, 0.2) is 0 Å². The van der Waals surface area contributed by atoms with Crippen molar-refractivity contribution in [2.24, 2.45) is 5.92 Å². The summed E-state index contributed by atoms with van der Waals surface area (Å²) in [6.07, 6.45) is 4.64. The first-order chi connectivity index (χ1) is 7.61. The number of hydrogen-bond acceptors (Lipinski definition) is 2. The van der Waals surface area contributed by atoms with E-state index in [4.69, 9.17) is 0 Å². The molecule has 1 N–H and O–H groups in total. The molecule has 90 valence electrons. The maximum atomic E-state index is 11.9. The summed E-state index contributed by atoms with van der Waals surface area (Å²) in [5, 5.41) is 2.64. The maximum Gasteiger partial charge on any atom is 0.242 e. The molecule has 2 fully saturated rings. The second-order valence-corrected chi connectivity index (χ2v) is 5.02. The molecular formula is C12H20N2O2. The van der Waals surface area contributed by atoms with Crippen molar-refractivity contribution >= 4 is 11.8 Å². The van der Waals surface area contributed by atoms with Crippen molar-refractivity contribution in [2.75, 3.05) is 6.54 Å². The van der Waals surface area contributed by atoms with E-state index in [1.807, 2.05) is 11.8 Å².